The van der Waals surface area contributed by atoms with E-state index in [1.165, 1.54) is 12.1 Å². The summed E-state index contributed by atoms with van der Waals surface area (Å²) in [6, 6.07) is 5.08. The molecule has 0 saturated heterocycles. The zero-order valence-electron chi connectivity index (χ0n) is 14.7. The van der Waals surface area contributed by atoms with E-state index < -0.39 is 23.7 Å². The van der Waals surface area contributed by atoms with Crippen LogP contribution >= 0.6 is 0 Å². The second kappa shape index (κ2) is 10.1. The molecule has 0 bridgehead atoms. The predicted molar refractivity (Wildman–Crippen MR) is 84.1 cm³/mol. The molecule has 0 amide bonds. The Balaban J connectivity index is 0.00000576. The van der Waals surface area contributed by atoms with Crippen molar-refractivity contribution in [3.05, 3.63) is 29.3 Å². The van der Waals surface area contributed by atoms with Gasteiger partial charge in [0.05, 0.1) is 19.0 Å². The number of ether oxygens (including phenoxy) is 4. The van der Waals surface area contributed by atoms with Crippen molar-refractivity contribution in [3.63, 3.8) is 0 Å². The molecule has 25 heavy (non-hydrogen) atoms. The summed E-state index contributed by atoms with van der Waals surface area (Å²) >= 11 is 0. The Morgan fingerprint density at radius 2 is 1.56 bits per heavy atom. The average molecular weight is 401 g/mol. The van der Waals surface area contributed by atoms with Crippen molar-refractivity contribution >= 4 is 18.1 Å². The fraction of sp³-hybridized carbons (Fsp3) is 0.471. The molecule has 0 saturated carbocycles. The minimum atomic E-state index is -0.977. The summed E-state index contributed by atoms with van der Waals surface area (Å²) in [5.74, 6) is -1.50. The molecular weight excluding hydrogens is 380 g/mol. The van der Waals surface area contributed by atoms with Gasteiger partial charge in [-0.25, -0.2) is 9.59 Å². The first-order valence-electron chi connectivity index (χ1n) is 7.48. The van der Waals surface area contributed by atoms with E-state index in [-0.39, 0.29) is 47.2 Å². The molecule has 142 valence electrons. The Kier molecular flexibility index (Phi) is 9.23. The molecule has 0 aromatic heterocycles. The number of hydrogen-bond donors (Lipinski definition) is 0. The summed E-state index contributed by atoms with van der Waals surface area (Å²) in [5, 5.41) is 0. The first kappa shape index (κ1) is 22.9. The molecule has 0 radical (unpaired) electrons. The normalized spacial score (nSPS) is 10.3. The number of esters is 2. The zero-order valence-corrected chi connectivity index (χ0v) is 15.7. The van der Waals surface area contributed by atoms with Gasteiger partial charge in [0.15, 0.2) is 0 Å². The molecule has 7 nitrogen and oxygen atoms in total. The molecule has 1 aromatic carbocycles. The maximum atomic E-state index is 11.9. The third-order valence-corrected chi connectivity index (χ3v) is 2.43. The van der Waals surface area contributed by atoms with Crippen molar-refractivity contribution in [2.24, 2.45) is 0 Å². The van der Waals surface area contributed by atoms with Gasteiger partial charge in [-0.15, -0.1) is 6.07 Å². The first-order valence-corrected chi connectivity index (χ1v) is 7.48. The third kappa shape index (κ3) is 8.05. The standard InChI is InChI=1S/C17H21O7.Cu/c1-6-21-14(18)11-8-12(15(19)22-7-2)10-13(9-11)23-16(20)24-17(3,4)5;/h8-9H,6-7H2,1-5H3;/q-1;+1. The molecule has 0 atom stereocenters. The molecule has 1 aromatic rings. The fourth-order valence-electron chi connectivity index (χ4n) is 1.61. The van der Waals surface area contributed by atoms with Crippen LogP contribution in [0.5, 0.6) is 5.75 Å². The smallest absolute Gasteiger partial charge is 0.506 e. The number of carbonyl (C=O) groups is 3. The van der Waals surface area contributed by atoms with E-state index in [0.717, 1.165) is 0 Å². The van der Waals surface area contributed by atoms with Crippen molar-refractivity contribution < 1.29 is 50.4 Å². The Morgan fingerprint density at radius 3 is 2.08 bits per heavy atom. The number of carbonyl (C=O) groups excluding carboxylic acids is 3. The quantitative estimate of drug-likeness (QED) is 0.246. The fourth-order valence-corrected chi connectivity index (χ4v) is 1.61. The van der Waals surface area contributed by atoms with Gasteiger partial charge < -0.3 is 23.7 Å². The minimum Gasteiger partial charge on any atom is -0.506 e. The SMILES string of the molecule is CCOC(=O)c1[c-]c(OC(=O)OC(C)(C)C)cc(C(=O)OCC)c1.[Cu+]. The van der Waals surface area contributed by atoms with Crippen LogP contribution in [-0.4, -0.2) is 36.9 Å². The van der Waals surface area contributed by atoms with E-state index in [0.29, 0.717) is 0 Å². The van der Waals surface area contributed by atoms with Crippen LogP contribution < -0.4 is 4.74 Å². The van der Waals surface area contributed by atoms with Crippen LogP contribution in [0, 0.1) is 6.07 Å². The van der Waals surface area contributed by atoms with E-state index in [2.05, 4.69) is 6.07 Å². The Bertz CT molecular complexity index is 584. The van der Waals surface area contributed by atoms with Gasteiger partial charge >= 0.3 is 29.2 Å². The van der Waals surface area contributed by atoms with Crippen LogP contribution in [0.4, 0.5) is 4.79 Å². The molecule has 0 heterocycles. The minimum absolute atomic E-state index is 0. The van der Waals surface area contributed by atoms with Gasteiger partial charge in [-0.2, -0.15) is 0 Å². The first-order chi connectivity index (χ1) is 11.2. The van der Waals surface area contributed by atoms with Gasteiger partial charge in [0.1, 0.15) is 5.60 Å². The molecule has 0 fully saturated rings. The summed E-state index contributed by atoms with van der Waals surface area (Å²) in [7, 11) is 0. The molecular formula is C17H21CuO7. The van der Waals surface area contributed by atoms with Gasteiger partial charge in [0, 0.05) is 0 Å². The van der Waals surface area contributed by atoms with E-state index in [1.807, 2.05) is 0 Å². The summed E-state index contributed by atoms with van der Waals surface area (Å²) in [6.07, 6.45) is -0.977. The van der Waals surface area contributed by atoms with Crippen LogP contribution in [0.1, 0.15) is 55.3 Å². The van der Waals surface area contributed by atoms with Crippen LogP contribution in [0.2, 0.25) is 0 Å². The Morgan fingerprint density at radius 1 is 1.00 bits per heavy atom. The summed E-state index contributed by atoms with van der Waals surface area (Å²) < 4.78 is 19.8. The number of benzene rings is 1. The van der Waals surface area contributed by atoms with Gasteiger partial charge in [-0.3, -0.25) is 0 Å². The second-order valence-corrected chi connectivity index (χ2v) is 5.65. The summed E-state index contributed by atoms with van der Waals surface area (Å²) in [5.41, 5.74) is -0.766. The predicted octanol–water partition coefficient (Wildman–Crippen LogP) is 3.15. The molecule has 0 aliphatic rings. The summed E-state index contributed by atoms with van der Waals surface area (Å²) in [4.78, 5) is 35.5. The van der Waals surface area contributed by atoms with Crippen molar-refractivity contribution in [1.82, 2.24) is 0 Å². The van der Waals surface area contributed by atoms with E-state index in [4.69, 9.17) is 18.9 Å². The molecule has 0 spiro atoms. The molecule has 0 aliphatic carbocycles. The van der Waals surface area contributed by atoms with Crippen molar-refractivity contribution in [2.75, 3.05) is 13.2 Å². The largest absolute Gasteiger partial charge is 1.00 e. The van der Waals surface area contributed by atoms with E-state index in [1.54, 1.807) is 34.6 Å². The summed E-state index contributed by atoms with van der Waals surface area (Å²) in [6.45, 7) is 8.64. The monoisotopic (exact) mass is 400 g/mol. The molecule has 1 rings (SSSR count). The van der Waals surface area contributed by atoms with Gasteiger partial charge in [0.25, 0.3) is 0 Å². The second-order valence-electron chi connectivity index (χ2n) is 5.65. The Hall–Kier alpha value is -2.05. The van der Waals surface area contributed by atoms with Crippen molar-refractivity contribution in [1.29, 1.82) is 0 Å². The van der Waals surface area contributed by atoms with Gasteiger partial charge in [-0.1, -0.05) is 17.7 Å². The number of hydrogen-bond acceptors (Lipinski definition) is 7. The molecule has 8 heteroatoms. The maximum absolute atomic E-state index is 11.9. The zero-order chi connectivity index (χ0) is 18.3. The number of rotatable bonds is 5. The topological polar surface area (TPSA) is 88.1 Å². The van der Waals surface area contributed by atoms with Crippen molar-refractivity contribution in [3.8, 4) is 5.75 Å². The Labute approximate surface area is 157 Å². The van der Waals surface area contributed by atoms with Crippen LogP contribution in [0.15, 0.2) is 12.1 Å². The molecule has 0 aliphatic heterocycles. The van der Waals surface area contributed by atoms with Crippen LogP contribution in [0.3, 0.4) is 0 Å². The average Bonchev–Trinajstić information content (AvgIpc) is 2.45. The van der Waals surface area contributed by atoms with Gasteiger partial charge in [-0.05, 0) is 40.2 Å². The van der Waals surface area contributed by atoms with Crippen molar-refractivity contribution in [2.45, 2.75) is 40.2 Å². The molecule has 0 unspecified atom stereocenters. The van der Waals surface area contributed by atoms with E-state index >= 15 is 0 Å². The van der Waals surface area contributed by atoms with Crippen LogP contribution in [-0.2, 0) is 31.3 Å². The third-order valence-electron chi connectivity index (χ3n) is 2.43. The molecule has 0 N–H and O–H groups in total. The van der Waals surface area contributed by atoms with Gasteiger partial charge in [0.2, 0.25) is 5.97 Å². The van der Waals surface area contributed by atoms with Crippen LogP contribution in [0.25, 0.3) is 0 Å². The maximum Gasteiger partial charge on any atom is 1.00 e. The van der Waals surface area contributed by atoms with E-state index in [9.17, 15) is 14.4 Å².